The van der Waals surface area contributed by atoms with Crippen LogP contribution < -0.4 is 10.6 Å². The summed E-state index contributed by atoms with van der Waals surface area (Å²) in [5, 5.41) is 14.7. The number of carbonyl (C=O) groups excluding carboxylic acids is 1. The van der Waals surface area contributed by atoms with Crippen molar-refractivity contribution in [3.8, 4) is 0 Å². The van der Waals surface area contributed by atoms with Crippen molar-refractivity contribution in [1.29, 1.82) is 0 Å². The van der Waals surface area contributed by atoms with Crippen molar-refractivity contribution in [2.75, 3.05) is 20.2 Å². The molecule has 0 radical (unpaired) electrons. The molecular weight excluding hydrogens is 224 g/mol. The zero-order chi connectivity index (χ0) is 12.5. The van der Waals surface area contributed by atoms with Crippen LogP contribution in [0.25, 0.3) is 0 Å². The fraction of sp³-hybridized carbons (Fsp3) is 0.818. The van der Waals surface area contributed by atoms with Crippen molar-refractivity contribution < 1.29 is 19.4 Å². The molecule has 6 nitrogen and oxygen atoms in total. The minimum absolute atomic E-state index is 0.0695. The van der Waals surface area contributed by atoms with E-state index in [2.05, 4.69) is 10.6 Å². The van der Waals surface area contributed by atoms with Crippen molar-refractivity contribution >= 4 is 11.9 Å². The van der Waals surface area contributed by atoms with Crippen molar-refractivity contribution in [3.05, 3.63) is 0 Å². The Hall–Kier alpha value is -1.14. The van der Waals surface area contributed by atoms with Gasteiger partial charge in [0, 0.05) is 20.2 Å². The highest BCUT2D eigenvalue weighted by Gasteiger charge is 2.50. The summed E-state index contributed by atoms with van der Waals surface area (Å²) < 4.78 is 5.15. The molecule has 0 bridgehead atoms. The Morgan fingerprint density at radius 1 is 1.53 bits per heavy atom. The van der Waals surface area contributed by atoms with Gasteiger partial charge in [0.15, 0.2) is 0 Å². The summed E-state index contributed by atoms with van der Waals surface area (Å²) in [6.45, 7) is 0.898. The minimum atomic E-state index is -0.813. The molecule has 1 aliphatic heterocycles. The lowest BCUT2D eigenvalue weighted by molar-refractivity contribution is -0.143. The summed E-state index contributed by atoms with van der Waals surface area (Å²) >= 11 is 0. The molecule has 1 saturated carbocycles. The number of carboxylic acids is 1. The largest absolute Gasteiger partial charge is 0.481 e. The average molecular weight is 242 g/mol. The van der Waals surface area contributed by atoms with Gasteiger partial charge in [-0.25, -0.2) is 0 Å². The monoisotopic (exact) mass is 242 g/mol. The van der Waals surface area contributed by atoms with Gasteiger partial charge >= 0.3 is 5.97 Å². The average Bonchev–Trinajstić information content (AvgIpc) is 2.96. The van der Waals surface area contributed by atoms with Gasteiger partial charge in [-0.3, -0.25) is 9.59 Å². The Morgan fingerprint density at radius 2 is 2.24 bits per heavy atom. The van der Waals surface area contributed by atoms with E-state index in [1.54, 1.807) is 7.11 Å². The first-order valence-corrected chi connectivity index (χ1v) is 5.85. The quantitative estimate of drug-likeness (QED) is 0.596. The second-order valence-electron chi connectivity index (χ2n) is 4.86. The second kappa shape index (κ2) is 4.62. The lowest BCUT2D eigenvalue weighted by Crippen LogP contribution is -2.43. The molecule has 17 heavy (non-hydrogen) atoms. The third-order valence-corrected chi connectivity index (χ3v) is 3.65. The van der Waals surface area contributed by atoms with Crippen LogP contribution in [0.3, 0.4) is 0 Å². The highest BCUT2D eigenvalue weighted by atomic mass is 16.5. The van der Waals surface area contributed by atoms with Crippen molar-refractivity contribution in [2.24, 2.45) is 5.41 Å². The summed E-state index contributed by atoms with van der Waals surface area (Å²) in [5.41, 5.74) is -0.699. The van der Waals surface area contributed by atoms with E-state index in [1.165, 1.54) is 0 Å². The summed E-state index contributed by atoms with van der Waals surface area (Å²) in [7, 11) is 1.62. The Balaban J connectivity index is 1.77. The maximum atomic E-state index is 11.8. The number of hydrogen-bond donors (Lipinski definition) is 3. The Bertz CT molecular complexity index is 327. The van der Waals surface area contributed by atoms with Gasteiger partial charge in [-0.15, -0.1) is 0 Å². The Kier molecular flexibility index (Phi) is 3.35. The smallest absolute Gasteiger partial charge is 0.311 e. The maximum absolute atomic E-state index is 11.8. The van der Waals surface area contributed by atoms with Crippen LogP contribution >= 0.6 is 0 Å². The SMILES string of the molecule is COC1CNC(C(=O)NCC2(C(=O)O)CC2)C1. The molecule has 0 aromatic carbocycles. The number of nitrogens with one attached hydrogen (secondary N) is 2. The van der Waals surface area contributed by atoms with E-state index in [9.17, 15) is 9.59 Å². The molecule has 0 aromatic heterocycles. The molecule has 0 aromatic rings. The van der Waals surface area contributed by atoms with E-state index < -0.39 is 11.4 Å². The predicted molar refractivity (Wildman–Crippen MR) is 59.5 cm³/mol. The molecule has 2 unspecified atom stereocenters. The summed E-state index contributed by atoms with van der Waals surface area (Å²) in [4.78, 5) is 22.7. The van der Waals surface area contributed by atoms with Crippen LogP contribution in [0.1, 0.15) is 19.3 Å². The molecule has 1 aliphatic carbocycles. The molecule has 1 saturated heterocycles. The molecular formula is C11H18N2O4. The second-order valence-corrected chi connectivity index (χ2v) is 4.86. The van der Waals surface area contributed by atoms with E-state index in [4.69, 9.17) is 9.84 Å². The first kappa shape index (κ1) is 12.3. The Labute approximate surface area is 99.7 Å². The van der Waals surface area contributed by atoms with Gasteiger partial charge in [0.05, 0.1) is 17.6 Å². The molecule has 1 heterocycles. The van der Waals surface area contributed by atoms with Crippen molar-refractivity contribution in [3.63, 3.8) is 0 Å². The van der Waals surface area contributed by atoms with Gasteiger partial charge in [-0.1, -0.05) is 0 Å². The van der Waals surface area contributed by atoms with Crippen LogP contribution in [-0.4, -0.2) is 49.3 Å². The number of carboxylic acid groups (broad SMARTS) is 1. The normalized spacial score (nSPS) is 29.9. The first-order valence-electron chi connectivity index (χ1n) is 5.85. The molecule has 2 fully saturated rings. The molecule has 0 spiro atoms. The van der Waals surface area contributed by atoms with Crippen LogP contribution in [-0.2, 0) is 14.3 Å². The molecule has 3 N–H and O–H groups in total. The third kappa shape index (κ3) is 2.58. The number of ether oxygens (including phenoxy) is 1. The number of rotatable bonds is 5. The summed E-state index contributed by atoms with van der Waals surface area (Å²) in [5.74, 6) is -0.941. The van der Waals surface area contributed by atoms with Gasteiger partial charge in [-0.2, -0.15) is 0 Å². The van der Waals surface area contributed by atoms with E-state index in [0.717, 1.165) is 0 Å². The highest BCUT2D eigenvalue weighted by Crippen LogP contribution is 2.45. The fourth-order valence-electron chi connectivity index (χ4n) is 2.08. The van der Waals surface area contributed by atoms with Crippen LogP contribution in [0, 0.1) is 5.41 Å². The van der Waals surface area contributed by atoms with Gasteiger partial charge < -0.3 is 20.5 Å². The van der Waals surface area contributed by atoms with Gasteiger partial charge in [-0.05, 0) is 19.3 Å². The number of methoxy groups -OCH3 is 1. The van der Waals surface area contributed by atoms with Crippen molar-refractivity contribution in [1.82, 2.24) is 10.6 Å². The lowest BCUT2D eigenvalue weighted by Gasteiger charge is -2.14. The van der Waals surface area contributed by atoms with Crippen molar-refractivity contribution in [2.45, 2.75) is 31.4 Å². The molecule has 96 valence electrons. The van der Waals surface area contributed by atoms with E-state index in [0.29, 0.717) is 25.8 Å². The number of aliphatic carboxylic acids is 1. The number of hydrogen-bond acceptors (Lipinski definition) is 4. The predicted octanol–water partition coefficient (Wildman–Crippen LogP) is -0.656. The third-order valence-electron chi connectivity index (χ3n) is 3.65. The molecule has 2 aliphatic rings. The number of carbonyl (C=O) groups is 2. The highest BCUT2D eigenvalue weighted by molar-refractivity contribution is 5.84. The molecule has 2 atom stereocenters. The van der Waals surface area contributed by atoms with Crippen LogP contribution in [0.15, 0.2) is 0 Å². The zero-order valence-electron chi connectivity index (χ0n) is 9.86. The first-order chi connectivity index (χ1) is 8.07. The standard InChI is InChI=1S/C11H18N2O4/c1-17-7-4-8(12-5-7)9(14)13-6-11(2-3-11)10(15)16/h7-8,12H,2-6H2,1H3,(H,13,14)(H,15,16). The molecule has 6 heteroatoms. The van der Waals surface area contributed by atoms with Crippen LogP contribution in [0.4, 0.5) is 0 Å². The maximum Gasteiger partial charge on any atom is 0.311 e. The fourth-order valence-corrected chi connectivity index (χ4v) is 2.08. The summed E-state index contributed by atoms with van der Waals surface area (Å²) in [6, 6.07) is -0.260. The molecule has 1 amide bonds. The van der Waals surface area contributed by atoms with Crippen LogP contribution in [0.5, 0.6) is 0 Å². The lowest BCUT2D eigenvalue weighted by atomic mass is 10.1. The summed E-state index contributed by atoms with van der Waals surface area (Å²) in [6.07, 6.45) is 2.02. The minimum Gasteiger partial charge on any atom is -0.481 e. The zero-order valence-corrected chi connectivity index (χ0v) is 9.86. The number of amides is 1. The molecule has 2 rings (SSSR count). The van der Waals surface area contributed by atoms with E-state index in [-0.39, 0.29) is 24.6 Å². The Morgan fingerprint density at radius 3 is 2.71 bits per heavy atom. The van der Waals surface area contributed by atoms with Gasteiger partial charge in [0.1, 0.15) is 0 Å². The van der Waals surface area contributed by atoms with E-state index >= 15 is 0 Å². The van der Waals surface area contributed by atoms with Gasteiger partial charge in [0.2, 0.25) is 5.91 Å². The van der Waals surface area contributed by atoms with E-state index in [1.807, 2.05) is 0 Å². The van der Waals surface area contributed by atoms with Gasteiger partial charge in [0.25, 0.3) is 0 Å². The topological polar surface area (TPSA) is 87.7 Å². The van der Waals surface area contributed by atoms with Crippen LogP contribution in [0.2, 0.25) is 0 Å².